The molecule has 0 aromatic heterocycles. The summed E-state index contributed by atoms with van der Waals surface area (Å²) in [6.07, 6.45) is -5.14. The molecule has 2 saturated heterocycles. The number of nitrogens with zero attached hydrogens (tertiary/aromatic N) is 3. The molecule has 1 aliphatic carbocycles. The molecule has 2 aliphatic heterocycles. The number of rotatable bonds is 0. The van der Waals surface area contributed by atoms with Crippen LogP contribution in [0.2, 0.25) is 0 Å². The van der Waals surface area contributed by atoms with Crippen LogP contribution in [0, 0.1) is 12.6 Å². The van der Waals surface area contributed by atoms with Gasteiger partial charge in [-0.25, -0.2) is 44.4 Å². The zero-order valence-corrected chi connectivity index (χ0v) is 103. The van der Waals surface area contributed by atoms with Crippen molar-refractivity contribution in [1.82, 2.24) is 14.7 Å². The third kappa shape index (κ3) is 8.00. The third-order valence-electron chi connectivity index (χ3n) is 6.55. The van der Waals surface area contributed by atoms with Gasteiger partial charge in [0.25, 0.3) is 0 Å². The molecule has 3 rings (SSSR count). The number of likely N-dealkylation sites (tertiary alicyclic amines) is 1. The predicted molar refractivity (Wildman–Crippen MR) is 114 cm³/mol. The molecule has 60 heavy (non-hydrogen) atoms. The summed E-state index contributed by atoms with van der Waals surface area (Å²) >= 11 is 0. The molecule has 318 valence electrons. The van der Waals surface area contributed by atoms with E-state index in [0.29, 0.717) is 0 Å². The minimum absolute atomic E-state index is 0. The van der Waals surface area contributed by atoms with Gasteiger partial charge in [-0.3, -0.25) is 6.79 Å². The number of hydrogen-bond acceptors (Lipinski definition) is 4. The fourth-order valence-electron chi connectivity index (χ4n) is 3.25. The monoisotopic (exact) mass is 3720 g/mol. The Bertz CT molecular complexity index is 1060. The molecule has 1 saturated carbocycles. The van der Waals surface area contributed by atoms with Crippen LogP contribution in [0.4, 0.5) is 105 Å². The number of alkyl halides is 23. The maximum atomic E-state index is 12.9. The van der Waals surface area contributed by atoms with Crippen molar-refractivity contribution in [3.05, 3.63) is 12.6 Å². The smallest absolute Gasteiger partial charge is 0.387 e. The van der Waals surface area contributed by atoms with E-state index in [1.54, 1.807) is 0 Å². The molecular formula is C21H20F24N3ORf11-3. The van der Waals surface area contributed by atoms with Crippen molar-refractivity contribution in [3.63, 3.8) is 0 Å². The number of piperazine rings is 1. The van der Waals surface area contributed by atoms with Crippen molar-refractivity contribution in [2.24, 2.45) is 0 Å². The Morgan fingerprint density at radius 1 is 0.400 bits per heavy atom. The van der Waals surface area contributed by atoms with E-state index in [1.165, 1.54) is 0 Å². The standard InChI is InChI=1S/C7H4F9.C6H6F8N2.C5H3F7N.C2H6.CHO.11Rf/c1-3(8)6(13,14)4(9,10)2-5(11,12)7(3,15)16;1-15-3(7,8)5(11,12)16(2)6(13,14)4(15,9)10;1-13-4(9,10)2(6)3(7,8)5(13,11)12;2*1-2;;;;;;;;;;;/h2H,1H3;1-2H3;1H3;1-2H3;1H;;;;;;;;;;;/q-1;;-1;;-1;;;;;;;;;;;. The molecule has 0 bridgehead atoms. The fourth-order valence-corrected chi connectivity index (χ4v) is 3.25. The average Bonchev–Trinajstić information content (AvgIpc) is 3.02. The Hall–Kier alpha value is -13.1. The first-order valence-electron chi connectivity index (χ1n) is 11.8. The molecule has 0 atom stereocenters. The second-order valence-electron chi connectivity index (χ2n) is 9.35. The van der Waals surface area contributed by atoms with Gasteiger partial charge in [0.05, 0.1) is 0 Å². The second kappa shape index (κ2) is 17.9. The average molecular weight is 3720 g/mol. The summed E-state index contributed by atoms with van der Waals surface area (Å²) in [6, 6.07) is -31.8. The normalized spacial score (nSPS) is 24.8. The Morgan fingerprint density at radius 2 is 0.583 bits per heavy atom. The number of likely N-dealkylation sites (N-methyl/N-ethyl adjacent to an activating group) is 2. The van der Waals surface area contributed by atoms with Crippen LogP contribution in [0.25, 0.3) is 0 Å². The van der Waals surface area contributed by atoms with Gasteiger partial charge in [0.15, 0.2) is 0 Å². The maximum Gasteiger partial charge on any atom is 0.387 e. The van der Waals surface area contributed by atoms with Crippen molar-refractivity contribution >= 4 is 6.79 Å². The van der Waals surface area contributed by atoms with Crippen molar-refractivity contribution in [3.8, 4) is 0 Å². The molecule has 0 unspecified atom stereocenters. The molecule has 0 amide bonds. The summed E-state index contributed by atoms with van der Waals surface area (Å²) in [5.41, 5.74) is -5.36. The summed E-state index contributed by atoms with van der Waals surface area (Å²) in [6.45, 7) is 6.57. The topological polar surface area (TPSA) is 26.8 Å². The third-order valence-corrected chi connectivity index (χ3v) is 6.55. The quantitative estimate of drug-likeness (QED) is 0.105. The Balaban J connectivity index is -0.0000000444. The van der Waals surface area contributed by atoms with E-state index in [9.17, 15) is 105 Å². The molecule has 3 fully saturated rings. The molecule has 0 spiro atoms. The molecule has 3 aliphatic rings. The number of carbonyl (C=O) groups excluding carboxylic acids is 1. The van der Waals surface area contributed by atoms with E-state index < -0.39 is 106 Å². The zero-order chi connectivity index (χ0) is 41.0. The van der Waals surface area contributed by atoms with Crippen LogP contribution in [0.5, 0.6) is 0 Å². The molecule has 0 aromatic rings. The van der Waals surface area contributed by atoms with E-state index in [2.05, 4.69) is 6.79 Å². The Morgan fingerprint density at radius 3 is 0.700 bits per heavy atom. The molecule has 4 nitrogen and oxygen atoms in total. The zero-order valence-electron chi connectivity index (χ0n) is 32.3. The minimum atomic E-state index is -5.93. The van der Waals surface area contributed by atoms with Gasteiger partial charge in [-0.1, -0.05) is 13.8 Å². The van der Waals surface area contributed by atoms with E-state index in [4.69, 9.17) is 4.79 Å². The first kappa shape index (κ1) is 86.0. The first-order valence-corrected chi connectivity index (χ1v) is 11.8. The van der Waals surface area contributed by atoms with Crippen LogP contribution < -0.4 is 0 Å². The summed E-state index contributed by atoms with van der Waals surface area (Å²) in [5.74, 6) is -28.6. The molecule has 0 aromatic carbocycles. The summed E-state index contributed by atoms with van der Waals surface area (Å²) in [5, 5.41) is 0. The van der Waals surface area contributed by atoms with Gasteiger partial charge in [-0.2, -0.15) is 77.7 Å². The van der Waals surface area contributed by atoms with Crippen LogP contribution in [0.15, 0.2) is 0 Å². The summed E-state index contributed by atoms with van der Waals surface area (Å²) in [4.78, 5) is 3.20. The summed E-state index contributed by atoms with van der Waals surface area (Å²) < 4.78 is 301. The van der Waals surface area contributed by atoms with Crippen LogP contribution >= 0.6 is 0 Å². The summed E-state index contributed by atoms with van der Waals surface area (Å²) in [7, 11) is -0.385. The Kier molecular flexibility index (Phi) is 25.6. The minimum Gasteiger partial charge on any atom is -0.545 e. The van der Waals surface area contributed by atoms with Crippen molar-refractivity contribution in [1.29, 1.82) is 0 Å². The van der Waals surface area contributed by atoms with Gasteiger partial charge in [-0.05, 0) is 28.1 Å². The molecule has 0 radical (unpaired) electrons. The first-order chi connectivity index (χ1) is 21.1. The maximum absolute atomic E-state index is 12.9. The van der Waals surface area contributed by atoms with Gasteiger partial charge in [-0.15, -0.1) is 0 Å². The number of halogens is 24. The van der Waals surface area contributed by atoms with Crippen LogP contribution in [-0.2, 0) is 4.79 Å². The van der Waals surface area contributed by atoms with Crippen molar-refractivity contribution < 1.29 is 110 Å². The largest absolute Gasteiger partial charge is 0.545 e. The van der Waals surface area contributed by atoms with Gasteiger partial charge in [0, 0.05) is 6.17 Å². The van der Waals surface area contributed by atoms with E-state index in [1.807, 2.05) is 13.8 Å². The van der Waals surface area contributed by atoms with Gasteiger partial charge in [0.2, 0.25) is 29.5 Å². The van der Waals surface area contributed by atoms with Crippen molar-refractivity contribution in [2.75, 3.05) is 21.1 Å². The van der Waals surface area contributed by atoms with E-state index in [0.717, 1.165) is 0 Å². The molecule has 2 heterocycles. The van der Waals surface area contributed by atoms with Gasteiger partial charge >= 0.3 is 42.1 Å². The second-order valence-corrected chi connectivity index (χ2v) is 9.35. The van der Waals surface area contributed by atoms with Crippen LogP contribution in [0.3, 0.4) is 0 Å². The van der Waals surface area contributed by atoms with Crippen LogP contribution in [0.1, 0.15) is 20.8 Å². The fraction of sp³-hybridized carbons (Fsp3) is 0.857. The van der Waals surface area contributed by atoms with E-state index in [-0.39, 0.29) is 21.1 Å². The van der Waals surface area contributed by atoms with Gasteiger partial charge in [0.1, 0.15) is 0 Å². The SMILES string of the molecule is CC.CC1(F)C(F)(F)C(F)(F)[CH-]C(F)(F)C1(F)F.CN1C(F)(F)C(F)(F)N(C)C(F)(F)C1(F)F.CN1C(F)(F)[C-](F)C(F)(F)C1(F)F.[CH-]=O.[Rf].[Rf].[Rf].[Rf].[Rf].[Rf].[Rf].[Rf].[Rf].[Rf].[Rf]. The predicted octanol–water partition coefficient (Wildman–Crippen LogP) is 8.71. The molecule has 0 N–H and O–H groups in total. The van der Waals surface area contributed by atoms with Crippen molar-refractivity contribution in [2.45, 2.75) is 92.3 Å². The van der Waals surface area contributed by atoms with E-state index >= 15 is 0 Å². The Labute approximate surface area is 258 Å². The molecular weight excluding hydrogens is 3700 g/mol. The van der Waals surface area contributed by atoms with Gasteiger partial charge < -0.3 is 9.18 Å². The van der Waals surface area contributed by atoms with Crippen LogP contribution in [-0.4, -0.2) is 114 Å². The molecule has 39 heteroatoms. The number of hydrogen-bond donors (Lipinski definition) is 0.